The van der Waals surface area contributed by atoms with E-state index < -0.39 is 5.91 Å². The summed E-state index contributed by atoms with van der Waals surface area (Å²) < 4.78 is 1.23. The van der Waals surface area contributed by atoms with Gasteiger partial charge in [0.15, 0.2) is 5.82 Å². The molecular weight excluding hydrogens is 208 g/mol. The SMILES string of the molecule is N#Cc1ncn(-c2ncccc2C(N)=O)n1. The zero-order valence-corrected chi connectivity index (χ0v) is 8.03. The Morgan fingerprint density at radius 2 is 2.31 bits per heavy atom. The molecule has 7 heteroatoms. The largest absolute Gasteiger partial charge is 0.365 e. The Hall–Kier alpha value is -2.75. The van der Waals surface area contributed by atoms with Crippen LogP contribution in [0.4, 0.5) is 0 Å². The molecule has 1 amide bonds. The molecule has 0 unspecified atom stereocenters. The highest BCUT2D eigenvalue weighted by molar-refractivity contribution is 5.95. The molecule has 0 aliphatic carbocycles. The number of carbonyl (C=O) groups is 1. The van der Waals surface area contributed by atoms with Crippen LogP contribution in [-0.4, -0.2) is 25.7 Å². The van der Waals surface area contributed by atoms with E-state index in [1.807, 2.05) is 0 Å². The number of rotatable bonds is 2. The molecule has 78 valence electrons. The number of nitrogens with two attached hydrogens (primary N) is 1. The Kier molecular flexibility index (Phi) is 2.31. The van der Waals surface area contributed by atoms with E-state index in [1.165, 1.54) is 23.3 Å². The molecule has 2 rings (SSSR count). The lowest BCUT2D eigenvalue weighted by atomic mass is 10.2. The lowest BCUT2D eigenvalue weighted by molar-refractivity contribution is 0.1000. The first-order valence-electron chi connectivity index (χ1n) is 4.29. The molecule has 0 spiro atoms. The summed E-state index contributed by atoms with van der Waals surface area (Å²) in [5.41, 5.74) is 5.41. The van der Waals surface area contributed by atoms with Gasteiger partial charge >= 0.3 is 0 Å². The fourth-order valence-electron chi connectivity index (χ4n) is 1.19. The van der Waals surface area contributed by atoms with Crippen molar-refractivity contribution in [2.45, 2.75) is 0 Å². The van der Waals surface area contributed by atoms with E-state index in [0.717, 1.165) is 0 Å². The molecule has 0 atom stereocenters. The summed E-state index contributed by atoms with van der Waals surface area (Å²) in [4.78, 5) is 18.8. The third kappa shape index (κ3) is 1.59. The van der Waals surface area contributed by atoms with Gasteiger partial charge in [-0.1, -0.05) is 0 Å². The first kappa shape index (κ1) is 9.79. The molecule has 16 heavy (non-hydrogen) atoms. The van der Waals surface area contributed by atoms with Crippen LogP contribution in [0, 0.1) is 11.3 Å². The minimum absolute atomic E-state index is 0.000994. The molecule has 0 saturated carbocycles. The minimum atomic E-state index is -0.614. The number of pyridine rings is 1. The van der Waals surface area contributed by atoms with Gasteiger partial charge in [-0.05, 0) is 12.1 Å². The summed E-state index contributed by atoms with van der Waals surface area (Å²) in [5, 5.41) is 12.4. The summed E-state index contributed by atoms with van der Waals surface area (Å²) in [6, 6.07) is 4.89. The molecule has 2 N–H and O–H groups in total. The van der Waals surface area contributed by atoms with E-state index in [1.54, 1.807) is 12.1 Å². The summed E-state index contributed by atoms with van der Waals surface area (Å²) in [6.07, 6.45) is 2.79. The summed E-state index contributed by atoms with van der Waals surface area (Å²) >= 11 is 0. The molecule has 0 radical (unpaired) electrons. The van der Waals surface area contributed by atoms with Crippen LogP contribution in [0.1, 0.15) is 16.2 Å². The topological polar surface area (TPSA) is 110 Å². The van der Waals surface area contributed by atoms with Gasteiger partial charge < -0.3 is 5.73 Å². The van der Waals surface area contributed by atoms with Gasteiger partial charge in [-0.3, -0.25) is 4.79 Å². The van der Waals surface area contributed by atoms with Crippen LogP contribution in [0.15, 0.2) is 24.7 Å². The second-order valence-corrected chi connectivity index (χ2v) is 2.86. The van der Waals surface area contributed by atoms with E-state index in [4.69, 9.17) is 11.0 Å². The standard InChI is InChI=1S/C9H6N6O/c10-4-7-13-5-15(14-7)9-6(8(11)16)2-1-3-12-9/h1-3,5H,(H2,11,16). The molecule has 2 aromatic rings. The van der Waals surface area contributed by atoms with Crippen LogP contribution in [0.25, 0.3) is 5.82 Å². The van der Waals surface area contributed by atoms with Crippen molar-refractivity contribution in [2.24, 2.45) is 5.73 Å². The zero-order chi connectivity index (χ0) is 11.5. The first-order valence-corrected chi connectivity index (χ1v) is 4.29. The van der Waals surface area contributed by atoms with Crippen molar-refractivity contribution in [1.82, 2.24) is 19.7 Å². The zero-order valence-electron chi connectivity index (χ0n) is 8.03. The van der Waals surface area contributed by atoms with Crippen molar-refractivity contribution in [3.63, 3.8) is 0 Å². The van der Waals surface area contributed by atoms with E-state index in [2.05, 4.69) is 15.1 Å². The van der Waals surface area contributed by atoms with Gasteiger partial charge in [0.1, 0.15) is 12.4 Å². The highest BCUT2D eigenvalue weighted by atomic mass is 16.1. The maximum atomic E-state index is 11.1. The van der Waals surface area contributed by atoms with Gasteiger partial charge in [-0.2, -0.15) is 5.26 Å². The second-order valence-electron chi connectivity index (χ2n) is 2.86. The van der Waals surface area contributed by atoms with E-state index >= 15 is 0 Å². The molecular formula is C9H6N6O. The predicted molar refractivity (Wildman–Crippen MR) is 52.4 cm³/mol. The van der Waals surface area contributed by atoms with Crippen molar-refractivity contribution in [3.8, 4) is 11.9 Å². The van der Waals surface area contributed by atoms with E-state index in [0.29, 0.717) is 0 Å². The van der Waals surface area contributed by atoms with Crippen LogP contribution < -0.4 is 5.73 Å². The Bertz CT molecular complexity index is 582. The van der Waals surface area contributed by atoms with Gasteiger partial charge in [0.2, 0.25) is 0 Å². The lowest BCUT2D eigenvalue weighted by Gasteiger charge is -2.03. The number of primary amides is 1. The highest BCUT2D eigenvalue weighted by Gasteiger charge is 2.12. The molecule has 2 aromatic heterocycles. The Labute approximate surface area is 90.2 Å². The Balaban J connectivity index is 2.56. The van der Waals surface area contributed by atoms with Crippen LogP contribution in [0.2, 0.25) is 0 Å². The molecule has 0 saturated heterocycles. The van der Waals surface area contributed by atoms with Crippen LogP contribution >= 0.6 is 0 Å². The number of amides is 1. The number of hydrogen-bond donors (Lipinski definition) is 1. The van der Waals surface area contributed by atoms with Crippen molar-refractivity contribution >= 4 is 5.91 Å². The highest BCUT2D eigenvalue weighted by Crippen LogP contribution is 2.08. The average Bonchev–Trinajstić information content (AvgIpc) is 2.77. The number of aromatic nitrogens is 4. The minimum Gasteiger partial charge on any atom is -0.365 e. The third-order valence-electron chi connectivity index (χ3n) is 1.86. The van der Waals surface area contributed by atoms with Crippen LogP contribution in [-0.2, 0) is 0 Å². The first-order chi connectivity index (χ1) is 7.72. The average molecular weight is 214 g/mol. The predicted octanol–water partition coefficient (Wildman–Crippen LogP) is -0.367. The number of nitrogens with zero attached hydrogens (tertiary/aromatic N) is 5. The summed E-state index contributed by atoms with van der Waals surface area (Å²) in [7, 11) is 0. The summed E-state index contributed by atoms with van der Waals surface area (Å²) in [6.45, 7) is 0. The summed E-state index contributed by atoms with van der Waals surface area (Å²) in [5.74, 6) is -0.359. The fraction of sp³-hybridized carbons (Fsp3) is 0. The Morgan fingerprint density at radius 3 is 2.94 bits per heavy atom. The normalized spacial score (nSPS) is 9.69. The molecule has 0 bridgehead atoms. The Morgan fingerprint density at radius 1 is 1.50 bits per heavy atom. The van der Waals surface area contributed by atoms with Crippen molar-refractivity contribution in [1.29, 1.82) is 5.26 Å². The maximum Gasteiger partial charge on any atom is 0.252 e. The van der Waals surface area contributed by atoms with Gasteiger partial charge in [-0.15, -0.1) is 5.10 Å². The smallest absolute Gasteiger partial charge is 0.252 e. The molecule has 0 aliphatic heterocycles. The van der Waals surface area contributed by atoms with Gasteiger partial charge in [-0.25, -0.2) is 14.6 Å². The molecule has 7 nitrogen and oxygen atoms in total. The van der Waals surface area contributed by atoms with Gasteiger partial charge in [0.05, 0.1) is 5.56 Å². The second kappa shape index (κ2) is 3.78. The van der Waals surface area contributed by atoms with E-state index in [-0.39, 0.29) is 17.2 Å². The van der Waals surface area contributed by atoms with Gasteiger partial charge in [0.25, 0.3) is 11.7 Å². The third-order valence-corrected chi connectivity index (χ3v) is 1.86. The van der Waals surface area contributed by atoms with E-state index in [9.17, 15) is 4.79 Å². The quantitative estimate of drug-likeness (QED) is 0.733. The van der Waals surface area contributed by atoms with Crippen LogP contribution in [0.3, 0.4) is 0 Å². The monoisotopic (exact) mass is 214 g/mol. The molecule has 2 heterocycles. The number of hydrogen-bond acceptors (Lipinski definition) is 5. The van der Waals surface area contributed by atoms with Crippen molar-refractivity contribution < 1.29 is 4.79 Å². The molecule has 0 aromatic carbocycles. The van der Waals surface area contributed by atoms with Crippen LogP contribution in [0.5, 0.6) is 0 Å². The fourth-order valence-corrected chi connectivity index (χ4v) is 1.19. The lowest BCUT2D eigenvalue weighted by Crippen LogP contribution is -2.16. The molecule has 0 fully saturated rings. The van der Waals surface area contributed by atoms with Crippen molar-refractivity contribution in [3.05, 3.63) is 36.0 Å². The maximum absolute atomic E-state index is 11.1. The number of carbonyl (C=O) groups excluding carboxylic acids is 1. The van der Waals surface area contributed by atoms with Gasteiger partial charge in [0, 0.05) is 6.20 Å². The van der Waals surface area contributed by atoms with Crippen molar-refractivity contribution in [2.75, 3.05) is 0 Å². The number of nitriles is 1. The molecule has 0 aliphatic rings.